The summed E-state index contributed by atoms with van der Waals surface area (Å²) in [5.41, 5.74) is 3.16. The molecular formula is C21H21ClFN3O2. The van der Waals surface area contributed by atoms with Crippen molar-refractivity contribution in [3.63, 3.8) is 0 Å². The molecule has 4 rings (SSSR count). The molecule has 1 aromatic carbocycles. The van der Waals surface area contributed by atoms with Crippen molar-refractivity contribution >= 4 is 23.2 Å². The van der Waals surface area contributed by atoms with E-state index in [1.54, 1.807) is 24.4 Å². The van der Waals surface area contributed by atoms with Crippen LogP contribution in [-0.2, 0) is 11.2 Å². The number of aromatic nitrogens is 2. The molecule has 0 unspecified atom stereocenters. The highest BCUT2D eigenvalue weighted by molar-refractivity contribution is 6.30. The molecule has 3 aromatic rings. The van der Waals surface area contributed by atoms with Crippen molar-refractivity contribution in [2.45, 2.75) is 19.3 Å². The first-order chi connectivity index (χ1) is 13.7. The first-order valence-corrected chi connectivity index (χ1v) is 9.77. The summed E-state index contributed by atoms with van der Waals surface area (Å²) in [4.78, 5) is 19.4. The van der Waals surface area contributed by atoms with Crippen LogP contribution in [0.4, 0.5) is 4.39 Å². The third-order valence-electron chi connectivity index (χ3n) is 4.93. The van der Waals surface area contributed by atoms with Gasteiger partial charge in [-0.05, 0) is 49.2 Å². The quantitative estimate of drug-likeness (QED) is 0.624. The Labute approximate surface area is 167 Å². The summed E-state index contributed by atoms with van der Waals surface area (Å²) < 4.78 is 19.5. The molecule has 0 bridgehead atoms. The zero-order valence-corrected chi connectivity index (χ0v) is 16.2. The Hall–Kier alpha value is -2.60. The van der Waals surface area contributed by atoms with E-state index in [2.05, 4.69) is 0 Å². The predicted octanol–water partition coefficient (Wildman–Crippen LogP) is 4.17. The van der Waals surface area contributed by atoms with Gasteiger partial charge in [-0.2, -0.15) is 0 Å². The zero-order chi connectivity index (χ0) is 19.5. The molecule has 1 aliphatic rings. The van der Waals surface area contributed by atoms with Crippen LogP contribution in [0.3, 0.4) is 0 Å². The van der Waals surface area contributed by atoms with Gasteiger partial charge in [0.25, 0.3) is 0 Å². The summed E-state index contributed by atoms with van der Waals surface area (Å²) in [6.07, 6.45) is 4.16. The van der Waals surface area contributed by atoms with Crippen LogP contribution in [0.5, 0.6) is 5.75 Å². The number of imidazole rings is 1. The first-order valence-electron chi connectivity index (χ1n) is 9.39. The number of hydrogen-bond donors (Lipinski definition) is 0. The molecule has 7 heteroatoms. The maximum absolute atomic E-state index is 12.8. The summed E-state index contributed by atoms with van der Waals surface area (Å²) in [5.74, 6) is 0.700. The van der Waals surface area contributed by atoms with E-state index in [0.29, 0.717) is 10.8 Å². The zero-order valence-electron chi connectivity index (χ0n) is 15.4. The van der Waals surface area contributed by atoms with Crippen LogP contribution in [0.2, 0.25) is 5.02 Å². The van der Waals surface area contributed by atoms with Gasteiger partial charge in [0.15, 0.2) is 0 Å². The van der Waals surface area contributed by atoms with Crippen molar-refractivity contribution in [2.75, 3.05) is 26.4 Å². The van der Waals surface area contributed by atoms with Crippen LogP contribution in [0.15, 0.2) is 42.6 Å². The molecule has 1 saturated heterocycles. The second kappa shape index (κ2) is 8.19. The first kappa shape index (κ1) is 18.7. The van der Waals surface area contributed by atoms with E-state index in [-0.39, 0.29) is 18.9 Å². The Balaban J connectivity index is 1.71. The van der Waals surface area contributed by atoms with Gasteiger partial charge < -0.3 is 14.0 Å². The molecule has 1 fully saturated rings. The number of alkyl halides is 1. The fraction of sp³-hybridized carbons (Fsp3) is 0.333. The number of amides is 1. The van der Waals surface area contributed by atoms with Crippen molar-refractivity contribution in [3.8, 4) is 17.0 Å². The largest absolute Gasteiger partial charge is 0.491 e. The lowest BCUT2D eigenvalue weighted by Crippen LogP contribution is -2.29. The monoisotopic (exact) mass is 400 g/mol. The molecule has 1 aliphatic heterocycles. The maximum atomic E-state index is 12.8. The van der Waals surface area contributed by atoms with Gasteiger partial charge in [-0.3, -0.25) is 4.79 Å². The summed E-state index contributed by atoms with van der Waals surface area (Å²) >= 11 is 6.19. The van der Waals surface area contributed by atoms with Gasteiger partial charge in [0.2, 0.25) is 5.91 Å². The number of carbonyl (C=O) groups is 1. The number of ether oxygens (including phenoxy) is 1. The number of pyridine rings is 1. The average Bonchev–Trinajstić information content (AvgIpc) is 3.36. The van der Waals surface area contributed by atoms with Gasteiger partial charge in [-0.25, -0.2) is 9.37 Å². The van der Waals surface area contributed by atoms with E-state index < -0.39 is 6.67 Å². The van der Waals surface area contributed by atoms with E-state index in [1.807, 2.05) is 27.5 Å². The van der Waals surface area contributed by atoms with Gasteiger partial charge in [-0.1, -0.05) is 11.6 Å². The molecule has 0 atom stereocenters. The number of nitrogens with zero attached hydrogens (tertiary/aromatic N) is 3. The van der Waals surface area contributed by atoms with Gasteiger partial charge in [0.05, 0.1) is 22.8 Å². The Bertz CT molecular complexity index is 981. The molecule has 0 spiro atoms. The number of hydrogen-bond acceptors (Lipinski definition) is 3. The normalized spacial score (nSPS) is 14.0. The third kappa shape index (κ3) is 3.83. The molecule has 0 N–H and O–H groups in total. The molecule has 0 aliphatic carbocycles. The highest BCUT2D eigenvalue weighted by Crippen LogP contribution is 2.28. The van der Waals surface area contributed by atoms with Crippen molar-refractivity contribution in [1.82, 2.24) is 14.3 Å². The van der Waals surface area contributed by atoms with Gasteiger partial charge in [0.1, 0.15) is 24.7 Å². The fourth-order valence-corrected chi connectivity index (χ4v) is 3.72. The van der Waals surface area contributed by atoms with Crippen LogP contribution < -0.4 is 4.74 Å². The number of likely N-dealkylation sites (tertiary alicyclic amines) is 1. The van der Waals surface area contributed by atoms with E-state index in [1.165, 1.54) is 0 Å². The molecule has 5 nitrogen and oxygen atoms in total. The van der Waals surface area contributed by atoms with Crippen LogP contribution in [0.25, 0.3) is 16.9 Å². The standard InChI is InChI=1S/C21H21ClFN3O2/c22-16-5-8-19-24-21(15-3-6-17(7-4-15)28-12-9-23)18(26(19)14-16)13-20(27)25-10-1-2-11-25/h3-8,14H,1-2,9-13H2/i23-1. The summed E-state index contributed by atoms with van der Waals surface area (Å²) in [6, 6.07) is 11.0. The molecule has 3 heterocycles. The lowest BCUT2D eigenvalue weighted by atomic mass is 10.1. The predicted molar refractivity (Wildman–Crippen MR) is 107 cm³/mol. The molecule has 1 amide bonds. The Kier molecular flexibility index (Phi) is 5.48. The van der Waals surface area contributed by atoms with E-state index in [9.17, 15) is 9.18 Å². The van der Waals surface area contributed by atoms with Gasteiger partial charge in [0, 0.05) is 24.8 Å². The third-order valence-corrected chi connectivity index (χ3v) is 5.16. The SMILES string of the molecule is O=C(Cc1c(-c2ccc(OCC[18F])cc2)nc2ccc(Cl)cn12)N1CCCC1. The molecule has 2 aromatic heterocycles. The Morgan fingerprint density at radius 2 is 1.89 bits per heavy atom. The van der Waals surface area contributed by atoms with Crippen LogP contribution in [0.1, 0.15) is 18.5 Å². The van der Waals surface area contributed by atoms with Crippen LogP contribution in [0, 0.1) is 0 Å². The Morgan fingerprint density at radius 1 is 1.14 bits per heavy atom. The molecule has 0 saturated carbocycles. The number of halogens is 2. The second-order valence-electron chi connectivity index (χ2n) is 6.81. The highest BCUT2D eigenvalue weighted by atomic mass is 35.5. The summed E-state index contributed by atoms with van der Waals surface area (Å²) in [6.45, 7) is 1.12. The summed E-state index contributed by atoms with van der Waals surface area (Å²) in [7, 11) is 0. The number of benzene rings is 1. The fourth-order valence-electron chi connectivity index (χ4n) is 3.55. The highest BCUT2D eigenvalue weighted by Gasteiger charge is 2.22. The van der Waals surface area contributed by atoms with Crippen molar-refractivity contribution in [3.05, 3.63) is 53.3 Å². The molecule has 0 radical (unpaired) electrons. The second-order valence-corrected chi connectivity index (χ2v) is 7.25. The van der Waals surface area contributed by atoms with E-state index in [0.717, 1.165) is 48.5 Å². The maximum Gasteiger partial charge on any atom is 0.228 e. The molecule has 146 valence electrons. The lowest BCUT2D eigenvalue weighted by molar-refractivity contribution is -0.129. The van der Waals surface area contributed by atoms with Gasteiger partial charge in [-0.15, -0.1) is 0 Å². The minimum atomic E-state index is -0.530. The average molecular weight is 401 g/mol. The topological polar surface area (TPSA) is 46.8 Å². The number of carbonyl (C=O) groups excluding carboxylic acids is 1. The van der Waals surface area contributed by atoms with Gasteiger partial charge >= 0.3 is 0 Å². The molecule has 28 heavy (non-hydrogen) atoms. The lowest BCUT2D eigenvalue weighted by Gasteiger charge is -2.15. The number of fused-ring (bicyclic) bond motifs is 1. The van der Waals surface area contributed by atoms with Crippen molar-refractivity contribution in [1.29, 1.82) is 0 Å². The van der Waals surface area contributed by atoms with Crippen LogP contribution >= 0.6 is 11.6 Å². The minimum absolute atomic E-state index is 0.0296. The molecular weight excluding hydrogens is 380 g/mol. The number of rotatable bonds is 6. The minimum Gasteiger partial charge on any atom is -0.491 e. The van der Waals surface area contributed by atoms with E-state index in [4.69, 9.17) is 21.3 Å². The summed E-state index contributed by atoms with van der Waals surface area (Å²) in [5, 5.41) is 0.585. The Morgan fingerprint density at radius 3 is 2.61 bits per heavy atom. The smallest absolute Gasteiger partial charge is 0.228 e. The van der Waals surface area contributed by atoms with Crippen molar-refractivity contribution in [2.24, 2.45) is 0 Å². The van der Waals surface area contributed by atoms with E-state index >= 15 is 0 Å². The van der Waals surface area contributed by atoms with Crippen LogP contribution in [-0.4, -0.2) is 46.6 Å². The van der Waals surface area contributed by atoms with Crippen molar-refractivity contribution < 1.29 is 13.9 Å².